The van der Waals surface area contributed by atoms with Crippen LogP contribution in [0.25, 0.3) is 11.0 Å². The molecule has 0 amide bonds. The maximum absolute atomic E-state index is 14.4. The molecule has 0 bridgehead atoms. The van der Waals surface area contributed by atoms with E-state index in [0.29, 0.717) is 45.0 Å². The Morgan fingerprint density at radius 2 is 2.12 bits per heavy atom. The van der Waals surface area contributed by atoms with Crippen molar-refractivity contribution in [2.24, 2.45) is 0 Å². The predicted octanol–water partition coefficient (Wildman–Crippen LogP) is 5.27. The van der Waals surface area contributed by atoms with E-state index >= 15 is 0 Å². The molecule has 1 aromatic heterocycles. The standard InChI is InChI=1S/C19H14BrClFNO3/c1-2-10-5-17(24)26-18-12(10)7-14(21)19-13(18)8-23(9-25-19)16-4-3-11(20)6-15(16)22/h3-7H,2,8-9H2,1H3. The molecular weight excluding hydrogens is 425 g/mol. The number of halogens is 3. The molecule has 0 atom stereocenters. The fourth-order valence-corrected chi connectivity index (χ4v) is 3.85. The van der Waals surface area contributed by atoms with Crippen LogP contribution in [-0.4, -0.2) is 6.73 Å². The molecule has 1 aliphatic heterocycles. The summed E-state index contributed by atoms with van der Waals surface area (Å²) in [7, 11) is 0. The summed E-state index contributed by atoms with van der Waals surface area (Å²) in [6.45, 7) is 2.43. The Kier molecular flexibility index (Phi) is 4.40. The molecule has 134 valence electrons. The Hall–Kier alpha value is -2.05. The molecule has 0 saturated carbocycles. The van der Waals surface area contributed by atoms with Crippen LogP contribution in [0.5, 0.6) is 5.75 Å². The molecule has 0 spiro atoms. The molecule has 2 heterocycles. The number of rotatable bonds is 2. The quantitative estimate of drug-likeness (QED) is 0.511. The lowest BCUT2D eigenvalue weighted by Gasteiger charge is -2.31. The molecule has 0 aliphatic carbocycles. The van der Waals surface area contributed by atoms with Crippen LogP contribution in [0.2, 0.25) is 5.02 Å². The highest BCUT2D eigenvalue weighted by atomic mass is 79.9. The van der Waals surface area contributed by atoms with E-state index in [-0.39, 0.29) is 12.5 Å². The number of anilines is 1. The number of hydrogen-bond acceptors (Lipinski definition) is 4. The van der Waals surface area contributed by atoms with E-state index in [1.807, 2.05) is 6.92 Å². The van der Waals surface area contributed by atoms with E-state index in [2.05, 4.69) is 15.9 Å². The van der Waals surface area contributed by atoms with Crippen LogP contribution in [-0.2, 0) is 13.0 Å². The second-order valence-electron chi connectivity index (χ2n) is 6.05. The lowest BCUT2D eigenvalue weighted by molar-refractivity contribution is 0.287. The Bertz CT molecular complexity index is 1080. The van der Waals surface area contributed by atoms with Gasteiger partial charge in [-0.25, -0.2) is 9.18 Å². The zero-order chi connectivity index (χ0) is 18.4. The number of ether oxygens (including phenoxy) is 1. The zero-order valence-corrected chi connectivity index (χ0v) is 16.2. The lowest BCUT2D eigenvalue weighted by Crippen LogP contribution is -2.33. The molecule has 26 heavy (non-hydrogen) atoms. The van der Waals surface area contributed by atoms with Crippen LogP contribution < -0.4 is 15.3 Å². The molecule has 4 rings (SSSR count). The SMILES string of the molecule is CCc1cc(=O)oc2c3c(c(Cl)cc12)OCN(c1ccc(Br)cc1F)C3. The first-order valence-corrected chi connectivity index (χ1v) is 9.26. The normalized spacial score (nSPS) is 13.6. The highest BCUT2D eigenvalue weighted by Crippen LogP contribution is 2.40. The Morgan fingerprint density at radius 3 is 2.85 bits per heavy atom. The summed E-state index contributed by atoms with van der Waals surface area (Å²) in [5, 5.41) is 1.23. The molecule has 2 aromatic carbocycles. The molecule has 1 aliphatic rings. The average molecular weight is 439 g/mol. The van der Waals surface area contributed by atoms with Crippen LogP contribution in [0.15, 0.2) is 44.0 Å². The van der Waals surface area contributed by atoms with Gasteiger partial charge in [-0.2, -0.15) is 0 Å². The zero-order valence-electron chi connectivity index (χ0n) is 13.8. The van der Waals surface area contributed by atoms with Gasteiger partial charge in [0.1, 0.15) is 17.1 Å². The van der Waals surface area contributed by atoms with Crippen molar-refractivity contribution in [3.63, 3.8) is 0 Å². The Morgan fingerprint density at radius 1 is 1.31 bits per heavy atom. The van der Waals surface area contributed by atoms with Gasteiger partial charge in [-0.1, -0.05) is 34.5 Å². The monoisotopic (exact) mass is 437 g/mol. The number of aryl methyl sites for hydroxylation is 1. The van der Waals surface area contributed by atoms with Crippen LogP contribution in [0.1, 0.15) is 18.1 Å². The summed E-state index contributed by atoms with van der Waals surface area (Å²) in [5.41, 5.74) is 1.92. The second kappa shape index (κ2) is 6.59. The Balaban J connectivity index is 1.89. The van der Waals surface area contributed by atoms with Gasteiger partial charge in [-0.3, -0.25) is 0 Å². The fraction of sp³-hybridized carbons (Fsp3) is 0.211. The van der Waals surface area contributed by atoms with E-state index in [4.69, 9.17) is 20.8 Å². The Labute approximate surface area is 162 Å². The van der Waals surface area contributed by atoms with Gasteiger partial charge in [0.15, 0.2) is 6.73 Å². The molecule has 0 fully saturated rings. The topological polar surface area (TPSA) is 42.7 Å². The van der Waals surface area contributed by atoms with Crippen molar-refractivity contribution in [2.45, 2.75) is 19.9 Å². The van der Waals surface area contributed by atoms with Gasteiger partial charge >= 0.3 is 5.63 Å². The van der Waals surface area contributed by atoms with Gasteiger partial charge in [0.05, 0.1) is 22.8 Å². The van der Waals surface area contributed by atoms with Crippen molar-refractivity contribution in [2.75, 3.05) is 11.6 Å². The summed E-state index contributed by atoms with van der Waals surface area (Å²) in [5.74, 6) is 0.109. The summed E-state index contributed by atoms with van der Waals surface area (Å²) >= 11 is 9.65. The maximum Gasteiger partial charge on any atom is 0.336 e. The third-order valence-electron chi connectivity index (χ3n) is 4.47. The predicted molar refractivity (Wildman–Crippen MR) is 103 cm³/mol. The van der Waals surface area contributed by atoms with Gasteiger partial charge in [0, 0.05) is 15.9 Å². The van der Waals surface area contributed by atoms with E-state index in [1.54, 1.807) is 23.1 Å². The maximum atomic E-state index is 14.4. The van der Waals surface area contributed by atoms with Gasteiger partial charge in [-0.05, 0) is 36.2 Å². The smallest absolute Gasteiger partial charge is 0.336 e. The molecule has 7 heteroatoms. The highest BCUT2D eigenvalue weighted by molar-refractivity contribution is 9.10. The van der Waals surface area contributed by atoms with E-state index < -0.39 is 5.63 Å². The molecule has 0 N–H and O–H groups in total. The lowest BCUT2D eigenvalue weighted by atomic mass is 10.0. The molecular formula is C19H14BrClFNO3. The molecule has 0 saturated heterocycles. The third-order valence-corrected chi connectivity index (χ3v) is 5.24. The highest BCUT2D eigenvalue weighted by Gasteiger charge is 2.26. The van der Waals surface area contributed by atoms with Crippen molar-refractivity contribution in [3.8, 4) is 5.75 Å². The van der Waals surface area contributed by atoms with Gasteiger partial charge in [0.2, 0.25) is 0 Å². The number of nitrogens with zero attached hydrogens (tertiary/aromatic N) is 1. The number of benzene rings is 2. The summed E-state index contributed by atoms with van der Waals surface area (Å²) < 4.78 is 26.3. The minimum Gasteiger partial charge on any atom is -0.471 e. The van der Waals surface area contributed by atoms with Gasteiger partial charge in [-0.15, -0.1) is 0 Å². The molecule has 4 nitrogen and oxygen atoms in total. The number of fused-ring (bicyclic) bond motifs is 3. The van der Waals surface area contributed by atoms with Crippen LogP contribution >= 0.6 is 27.5 Å². The van der Waals surface area contributed by atoms with E-state index in [9.17, 15) is 9.18 Å². The van der Waals surface area contributed by atoms with Crippen molar-refractivity contribution in [1.82, 2.24) is 0 Å². The van der Waals surface area contributed by atoms with Gasteiger partial charge in [0.25, 0.3) is 0 Å². The summed E-state index contributed by atoms with van der Waals surface area (Å²) in [4.78, 5) is 13.7. The first kappa shape index (κ1) is 17.4. The van der Waals surface area contributed by atoms with Crippen LogP contribution in [0, 0.1) is 5.82 Å². The second-order valence-corrected chi connectivity index (χ2v) is 7.38. The van der Waals surface area contributed by atoms with Crippen molar-refractivity contribution in [3.05, 3.63) is 67.2 Å². The van der Waals surface area contributed by atoms with Gasteiger partial charge < -0.3 is 14.1 Å². The first-order valence-electron chi connectivity index (χ1n) is 8.09. The third kappa shape index (κ3) is 2.87. The van der Waals surface area contributed by atoms with Crippen molar-refractivity contribution >= 4 is 44.2 Å². The number of hydrogen-bond donors (Lipinski definition) is 0. The summed E-state index contributed by atoms with van der Waals surface area (Å²) in [6.07, 6.45) is 0.670. The van der Waals surface area contributed by atoms with E-state index in [1.165, 1.54) is 12.1 Å². The first-order chi connectivity index (χ1) is 12.5. The largest absolute Gasteiger partial charge is 0.471 e. The van der Waals surface area contributed by atoms with Crippen molar-refractivity contribution in [1.29, 1.82) is 0 Å². The molecule has 0 radical (unpaired) electrons. The minimum atomic E-state index is -0.425. The minimum absolute atomic E-state index is 0.147. The van der Waals surface area contributed by atoms with Crippen LogP contribution in [0.3, 0.4) is 0 Å². The van der Waals surface area contributed by atoms with E-state index in [0.717, 1.165) is 10.9 Å². The van der Waals surface area contributed by atoms with Crippen molar-refractivity contribution < 1.29 is 13.5 Å². The van der Waals surface area contributed by atoms with Crippen LogP contribution in [0.4, 0.5) is 10.1 Å². The summed E-state index contributed by atoms with van der Waals surface area (Å²) in [6, 6.07) is 8.07. The average Bonchev–Trinajstić information content (AvgIpc) is 2.61. The fourth-order valence-electron chi connectivity index (χ4n) is 3.24. The molecule has 0 unspecified atom stereocenters. The molecule has 3 aromatic rings.